The molecule has 0 aliphatic heterocycles. The maximum atomic E-state index is 11.7. The summed E-state index contributed by atoms with van der Waals surface area (Å²) >= 11 is 0. The molecule has 2 N–H and O–H groups in total. The number of rotatable bonds is 7. The Balaban J connectivity index is 5.12. The standard InChI is InChI=1S/C14H29NO3Si/c1-10(2)9-11(17-6)12(13(15)16)18-19(7,8)14(3,4)5/h11-12H,1,9H2,2-8H3,(H2,15,16)/t11-,12-/m0/s1. The molecule has 0 heterocycles. The van der Waals surface area contributed by atoms with Crippen LogP contribution in [0.25, 0.3) is 0 Å². The highest BCUT2D eigenvalue weighted by Gasteiger charge is 2.42. The average molecular weight is 287 g/mol. The summed E-state index contributed by atoms with van der Waals surface area (Å²) < 4.78 is 11.5. The van der Waals surface area contributed by atoms with Crippen molar-refractivity contribution in [2.45, 2.75) is 64.5 Å². The molecule has 0 unspecified atom stereocenters. The molecule has 0 saturated heterocycles. The molecule has 0 aromatic heterocycles. The van der Waals surface area contributed by atoms with Crippen molar-refractivity contribution < 1.29 is 14.0 Å². The fraction of sp³-hybridized carbons (Fsp3) is 0.786. The Morgan fingerprint density at radius 1 is 1.37 bits per heavy atom. The molecule has 2 atom stereocenters. The smallest absolute Gasteiger partial charge is 0.248 e. The number of ether oxygens (including phenoxy) is 1. The highest BCUT2D eigenvalue weighted by atomic mass is 28.4. The summed E-state index contributed by atoms with van der Waals surface area (Å²) in [6.07, 6.45) is -0.523. The van der Waals surface area contributed by atoms with Gasteiger partial charge in [0.2, 0.25) is 5.91 Å². The Hall–Kier alpha value is -0.653. The van der Waals surface area contributed by atoms with Gasteiger partial charge < -0.3 is 14.9 Å². The quantitative estimate of drug-likeness (QED) is 0.578. The molecule has 0 saturated carbocycles. The molecule has 4 nitrogen and oxygen atoms in total. The average Bonchev–Trinajstić information content (AvgIpc) is 2.20. The maximum absolute atomic E-state index is 11.7. The second-order valence-electron chi connectivity index (χ2n) is 6.64. The van der Waals surface area contributed by atoms with Crippen molar-refractivity contribution in [3.05, 3.63) is 12.2 Å². The predicted octanol–water partition coefficient (Wildman–Crippen LogP) is 2.84. The van der Waals surface area contributed by atoms with E-state index >= 15 is 0 Å². The molecule has 0 rings (SSSR count). The van der Waals surface area contributed by atoms with E-state index in [1.807, 2.05) is 6.92 Å². The van der Waals surface area contributed by atoms with Crippen LogP contribution >= 0.6 is 0 Å². The van der Waals surface area contributed by atoms with Gasteiger partial charge in [0, 0.05) is 7.11 Å². The van der Waals surface area contributed by atoms with Crippen molar-refractivity contribution in [3.63, 3.8) is 0 Å². The van der Waals surface area contributed by atoms with Crippen LogP contribution in [0, 0.1) is 0 Å². The second kappa shape index (κ2) is 6.68. The second-order valence-corrected chi connectivity index (χ2v) is 11.4. The van der Waals surface area contributed by atoms with E-state index < -0.39 is 20.3 Å². The van der Waals surface area contributed by atoms with Gasteiger partial charge in [-0.1, -0.05) is 26.3 Å². The summed E-state index contributed by atoms with van der Waals surface area (Å²) in [5, 5.41) is 0.0161. The highest BCUT2D eigenvalue weighted by molar-refractivity contribution is 6.74. The van der Waals surface area contributed by atoms with E-state index in [9.17, 15) is 4.79 Å². The molecule has 112 valence electrons. The van der Waals surface area contributed by atoms with Gasteiger partial charge in [0.25, 0.3) is 0 Å². The van der Waals surface area contributed by atoms with E-state index in [1.54, 1.807) is 7.11 Å². The Morgan fingerprint density at radius 2 is 1.84 bits per heavy atom. The molecule has 0 aromatic carbocycles. The van der Waals surface area contributed by atoms with Crippen LogP contribution in [-0.4, -0.2) is 33.5 Å². The van der Waals surface area contributed by atoms with Gasteiger partial charge in [0.1, 0.15) is 0 Å². The van der Waals surface area contributed by atoms with Gasteiger partial charge in [-0.25, -0.2) is 0 Å². The van der Waals surface area contributed by atoms with Crippen LogP contribution in [0.2, 0.25) is 18.1 Å². The number of amides is 1. The largest absolute Gasteiger partial charge is 0.403 e. The summed E-state index contributed by atoms with van der Waals surface area (Å²) in [4.78, 5) is 11.7. The van der Waals surface area contributed by atoms with Crippen molar-refractivity contribution in [2.75, 3.05) is 7.11 Å². The fourth-order valence-electron chi connectivity index (χ4n) is 1.47. The molecule has 19 heavy (non-hydrogen) atoms. The van der Waals surface area contributed by atoms with E-state index in [2.05, 4.69) is 40.4 Å². The van der Waals surface area contributed by atoms with Crippen LogP contribution in [0.3, 0.4) is 0 Å². The molecule has 0 aromatic rings. The molecular weight excluding hydrogens is 258 g/mol. The van der Waals surface area contributed by atoms with E-state index in [-0.39, 0.29) is 11.1 Å². The molecule has 0 aliphatic carbocycles. The minimum Gasteiger partial charge on any atom is -0.403 e. The third kappa shape index (κ3) is 5.46. The third-order valence-corrected chi connectivity index (χ3v) is 8.15. The number of carbonyl (C=O) groups excluding carboxylic acids is 1. The van der Waals surface area contributed by atoms with Crippen LogP contribution in [0.5, 0.6) is 0 Å². The topological polar surface area (TPSA) is 61.6 Å². The zero-order chi connectivity index (χ0) is 15.4. The molecule has 0 radical (unpaired) electrons. The number of carbonyl (C=O) groups is 1. The Labute approximate surface area is 118 Å². The third-order valence-electron chi connectivity index (χ3n) is 3.70. The summed E-state index contributed by atoms with van der Waals surface area (Å²) in [6.45, 7) is 16.3. The van der Waals surface area contributed by atoms with Crippen LogP contribution in [-0.2, 0) is 14.0 Å². The summed E-state index contributed by atoms with van der Waals surface area (Å²) in [5.74, 6) is -0.474. The molecule has 0 fully saturated rings. The van der Waals surface area contributed by atoms with Crippen molar-refractivity contribution in [2.24, 2.45) is 5.73 Å². The number of methoxy groups -OCH3 is 1. The lowest BCUT2D eigenvalue weighted by molar-refractivity contribution is -0.131. The Kier molecular flexibility index (Phi) is 6.45. The first-order valence-corrected chi connectivity index (χ1v) is 9.47. The van der Waals surface area contributed by atoms with E-state index in [1.165, 1.54) is 0 Å². The van der Waals surface area contributed by atoms with Crippen LogP contribution in [0.1, 0.15) is 34.1 Å². The molecule has 1 amide bonds. The normalized spacial score (nSPS) is 15.9. The molecule has 0 bridgehead atoms. The lowest BCUT2D eigenvalue weighted by Crippen LogP contribution is -2.52. The fourth-order valence-corrected chi connectivity index (χ4v) is 2.73. The van der Waals surface area contributed by atoms with Gasteiger partial charge in [-0.05, 0) is 31.5 Å². The number of primary amides is 1. The molecule has 5 heteroatoms. The molecule has 0 aliphatic rings. The van der Waals surface area contributed by atoms with Gasteiger partial charge in [0.05, 0.1) is 6.10 Å². The Bertz CT molecular complexity index is 334. The van der Waals surface area contributed by atoms with Gasteiger partial charge in [-0.2, -0.15) is 0 Å². The van der Waals surface area contributed by atoms with Gasteiger partial charge in [-0.3, -0.25) is 4.79 Å². The lowest BCUT2D eigenvalue weighted by Gasteiger charge is -2.40. The van der Waals surface area contributed by atoms with E-state index in [0.717, 1.165) is 5.57 Å². The van der Waals surface area contributed by atoms with Crippen LogP contribution in [0.4, 0.5) is 0 Å². The first-order valence-electron chi connectivity index (χ1n) is 6.56. The van der Waals surface area contributed by atoms with Crippen LogP contribution in [0.15, 0.2) is 12.2 Å². The molecular formula is C14H29NO3Si. The van der Waals surface area contributed by atoms with E-state index in [4.69, 9.17) is 14.9 Å². The minimum absolute atomic E-state index is 0.0161. The zero-order valence-corrected chi connectivity index (χ0v) is 14.4. The zero-order valence-electron chi connectivity index (χ0n) is 13.4. The monoisotopic (exact) mass is 287 g/mol. The summed E-state index contributed by atoms with van der Waals surface area (Å²) in [5.41, 5.74) is 6.43. The van der Waals surface area contributed by atoms with Crippen LogP contribution < -0.4 is 5.73 Å². The SMILES string of the molecule is C=C(C)C[C@H](OC)[C@H](O[Si](C)(C)C(C)(C)C)C(N)=O. The van der Waals surface area contributed by atoms with Crippen molar-refractivity contribution >= 4 is 14.2 Å². The lowest BCUT2D eigenvalue weighted by atomic mass is 10.1. The van der Waals surface area contributed by atoms with Gasteiger partial charge in [0.15, 0.2) is 14.4 Å². The molecule has 0 spiro atoms. The van der Waals surface area contributed by atoms with Crippen molar-refractivity contribution in [1.29, 1.82) is 0 Å². The van der Waals surface area contributed by atoms with Gasteiger partial charge >= 0.3 is 0 Å². The van der Waals surface area contributed by atoms with Crippen molar-refractivity contribution in [3.8, 4) is 0 Å². The first kappa shape index (κ1) is 18.3. The first-order chi connectivity index (χ1) is 8.42. The number of nitrogens with two attached hydrogens (primary N) is 1. The number of hydrogen-bond donors (Lipinski definition) is 1. The van der Waals surface area contributed by atoms with Gasteiger partial charge in [-0.15, -0.1) is 6.58 Å². The maximum Gasteiger partial charge on any atom is 0.248 e. The summed E-state index contributed by atoms with van der Waals surface area (Å²) in [6, 6.07) is 0. The predicted molar refractivity (Wildman–Crippen MR) is 81.5 cm³/mol. The number of hydrogen-bond acceptors (Lipinski definition) is 3. The minimum atomic E-state index is -2.07. The summed E-state index contributed by atoms with van der Waals surface area (Å²) in [7, 11) is -0.503. The highest BCUT2D eigenvalue weighted by Crippen LogP contribution is 2.38. The Morgan fingerprint density at radius 3 is 2.11 bits per heavy atom. The van der Waals surface area contributed by atoms with Crippen molar-refractivity contribution in [1.82, 2.24) is 0 Å². The van der Waals surface area contributed by atoms with E-state index in [0.29, 0.717) is 6.42 Å².